The van der Waals surface area contributed by atoms with Gasteiger partial charge < -0.3 is 10.2 Å². The highest BCUT2D eigenvalue weighted by molar-refractivity contribution is 9.10. The number of aryl methyl sites for hydroxylation is 1. The molecular formula is C31H38BrN3O4S. The number of nitrogens with one attached hydrogen (secondary N) is 1. The van der Waals surface area contributed by atoms with E-state index in [0.29, 0.717) is 12.1 Å². The average molecular weight is 629 g/mol. The first kappa shape index (κ1) is 31.4. The second kappa shape index (κ2) is 14.5. The molecule has 0 aliphatic carbocycles. The quantitative estimate of drug-likeness (QED) is 0.277. The molecule has 0 aliphatic heterocycles. The number of anilines is 1. The van der Waals surface area contributed by atoms with Gasteiger partial charge in [-0.05, 0) is 54.7 Å². The number of para-hydroxylation sites is 1. The van der Waals surface area contributed by atoms with Gasteiger partial charge >= 0.3 is 0 Å². The maximum atomic E-state index is 14.2. The average Bonchev–Trinajstić information content (AvgIpc) is 2.93. The number of rotatable bonds is 13. The van der Waals surface area contributed by atoms with Crippen LogP contribution in [0.2, 0.25) is 0 Å². The molecule has 0 radical (unpaired) electrons. The van der Waals surface area contributed by atoms with Crippen LogP contribution in [0.25, 0.3) is 0 Å². The summed E-state index contributed by atoms with van der Waals surface area (Å²) in [7, 11) is -3.81. The van der Waals surface area contributed by atoms with E-state index in [0.717, 1.165) is 38.1 Å². The maximum absolute atomic E-state index is 14.2. The predicted molar refractivity (Wildman–Crippen MR) is 165 cm³/mol. The Morgan fingerprint density at radius 1 is 0.925 bits per heavy atom. The van der Waals surface area contributed by atoms with Crippen molar-refractivity contribution in [2.75, 3.05) is 17.1 Å². The molecule has 0 bridgehead atoms. The topological polar surface area (TPSA) is 86.8 Å². The molecule has 0 heterocycles. The Balaban J connectivity index is 2.08. The first-order valence-electron chi connectivity index (χ1n) is 13.5. The number of carbonyl (C=O) groups is 2. The third kappa shape index (κ3) is 8.66. The smallest absolute Gasteiger partial charge is 0.244 e. The van der Waals surface area contributed by atoms with Gasteiger partial charge in [0.05, 0.1) is 11.9 Å². The van der Waals surface area contributed by atoms with Crippen LogP contribution >= 0.6 is 15.9 Å². The number of sulfonamides is 1. The molecule has 7 nitrogen and oxygen atoms in total. The number of benzene rings is 3. The van der Waals surface area contributed by atoms with E-state index in [1.807, 2.05) is 87.5 Å². The van der Waals surface area contributed by atoms with Crippen LogP contribution in [0.5, 0.6) is 0 Å². The zero-order valence-electron chi connectivity index (χ0n) is 23.5. The van der Waals surface area contributed by atoms with Gasteiger partial charge in [-0.2, -0.15) is 0 Å². The Hall–Kier alpha value is -3.17. The second-order valence-corrected chi connectivity index (χ2v) is 12.7. The summed E-state index contributed by atoms with van der Waals surface area (Å²) >= 11 is 3.49. The van der Waals surface area contributed by atoms with Crippen LogP contribution in [-0.2, 0) is 39.0 Å². The molecule has 0 fully saturated rings. The monoisotopic (exact) mass is 627 g/mol. The lowest BCUT2D eigenvalue weighted by atomic mass is 10.0. The molecule has 0 aliphatic rings. The standard InChI is InChI=1S/C31H38BrN3O4S/c1-5-23(3)33-31(37)29(20-24-13-8-7-9-14-24)34(21-25-15-12-17-27(32)19-25)30(36)22-35(40(4,38)39)28-18-11-10-16-26(28)6-2/h7-19,23,29H,5-6,20-22H2,1-4H3,(H,33,37)/t23-,29+/m0/s1. The summed E-state index contributed by atoms with van der Waals surface area (Å²) in [5.74, 6) is -0.738. The lowest BCUT2D eigenvalue weighted by molar-refractivity contribution is -0.140. The zero-order valence-corrected chi connectivity index (χ0v) is 25.9. The van der Waals surface area contributed by atoms with Crippen molar-refractivity contribution in [3.8, 4) is 0 Å². The molecule has 0 saturated carbocycles. The summed E-state index contributed by atoms with van der Waals surface area (Å²) in [6, 6.07) is 23.3. The Labute approximate surface area is 246 Å². The van der Waals surface area contributed by atoms with Gasteiger partial charge in [0.15, 0.2) is 0 Å². The van der Waals surface area contributed by atoms with Crippen LogP contribution < -0.4 is 9.62 Å². The molecule has 1 N–H and O–H groups in total. The van der Waals surface area contributed by atoms with Gasteiger partial charge in [0.25, 0.3) is 0 Å². The summed E-state index contributed by atoms with van der Waals surface area (Å²) in [5.41, 5.74) is 2.99. The molecule has 0 saturated heterocycles. The lowest BCUT2D eigenvalue weighted by Crippen LogP contribution is -2.54. The molecule has 3 rings (SSSR count). The van der Waals surface area contributed by atoms with E-state index in [-0.39, 0.29) is 24.9 Å². The summed E-state index contributed by atoms with van der Waals surface area (Å²) in [6.07, 6.45) is 2.72. The third-order valence-electron chi connectivity index (χ3n) is 6.83. The van der Waals surface area contributed by atoms with Crippen molar-refractivity contribution < 1.29 is 18.0 Å². The summed E-state index contributed by atoms with van der Waals surface area (Å²) in [6.45, 7) is 5.56. The number of hydrogen-bond acceptors (Lipinski definition) is 4. The highest BCUT2D eigenvalue weighted by Gasteiger charge is 2.33. The van der Waals surface area contributed by atoms with Crippen LogP contribution in [0.4, 0.5) is 5.69 Å². The first-order valence-corrected chi connectivity index (χ1v) is 16.1. The highest BCUT2D eigenvalue weighted by atomic mass is 79.9. The van der Waals surface area contributed by atoms with E-state index in [4.69, 9.17) is 0 Å². The van der Waals surface area contributed by atoms with E-state index >= 15 is 0 Å². The number of nitrogens with zero attached hydrogens (tertiary/aromatic N) is 2. The molecule has 2 atom stereocenters. The van der Waals surface area contributed by atoms with E-state index in [2.05, 4.69) is 21.2 Å². The molecule has 0 spiro atoms. The van der Waals surface area contributed by atoms with Crippen LogP contribution in [0.15, 0.2) is 83.3 Å². The van der Waals surface area contributed by atoms with E-state index in [1.165, 1.54) is 4.90 Å². The van der Waals surface area contributed by atoms with Crippen LogP contribution in [0.3, 0.4) is 0 Å². The van der Waals surface area contributed by atoms with Crippen molar-refractivity contribution in [2.45, 2.75) is 58.7 Å². The molecule has 3 aromatic carbocycles. The van der Waals surface area contributed by atoms with Gasteiger partial charge in [-0.1, -0.05) is 90.4 Å². The van der Waals surface area contributed by atoms with Crippen molar-refractivity contribution >= 4 is 43.5 Å². The second-order valence-electron chi connectivity index (χ2n) is 9.93. The van der Waals surface area contributed by atoms with E-state index < -0.39 is 28.5 Å². The van der Waals surface area contributed by atoms with Crippen molar-refractivity contribution in [3.05, 3.63) is 100 Å². The number of amides is 2. The van der Waals surface area contributed by atoms with Crippen molar-refractivity contribution in [3.63, 3.8) is 0 Å². The highest BCUT2D eigenvalue weighted by Crippen LogP contribution is 2.25. The van der Waals surface area contributed by atoms with Crippen molar-refractivity contribution in [1.29, 1.82) is 0 Å². The van der Waals surface area contributed by atoms with Crippen molar-refractivity contribution in [2.24, 2.45) is 0 Å². The number of hydrogen-bond donors (Lipinski definition) is 1. The van der Waals surface area contributed by atoms with Gasteiger partial charge in [-0.15, -0.1) is 0 Å². The fourth-order valence-corrected chi connectivity index (χ4v) is 5.80. The summed E-state index contributed by atoms with van der Waals surface area (Å²) in [5, 5.41) is 3.04. The van der Waals surface area contributed by atoms with E-state index in [9.17, 15) is 18.0 Å². The molecular weight excluding hydrogens is 590 g/mol. The predicted octanol–water partition coefficient (Wildman–Crippen LogP) is 5.33. The molecule has 3 aromatic rings. The lowest BCUT2D eigenvalue weighted by Gasteiger charge is -2.34. The fraction of sp³-hybridized carbons (Fsp3) is 0.355. The fourth-order valence-electron chi connectivity index (χ4n) is 4.47. The molecule has 2 amide bonds. The minimum atomic E-state index is -3.81. The summed E-state index contributed by atoms with van der Waals surface area (Å²) < 4.78 is 28.0. The zero-order chi connectivity index (χ0) is 29.3. The normalized spacial score (nSPS) is 12.8. The molecule has 9 heteroatoms. The molecule has 214 valence electrons. The summed E-state index contributed by atoms with van der Waals surface area (Å²) in [4.78, 5) is 29.4. The van der Waals surface area contributed by atoms with Gasteiger partial charge in [0.1, 0.15) is 12.6 Å². The number of carbonyl (C=O) groups excluding carboxylic acids is 2. The third-order valence-corrected chi connectivity index (χ3v) is 8.45. The van der Waals surface area contributed by atoms with E-state index in [1.54, 1.807) is 12.1 Å². The maximum Gasteiger partial charge on any atom is 0.244 e. The van der Waals surface area contributed by atoms with Crippen LogP contribution in [-0.4, -0.2) is 50.0 Å². The van der Waals surface area contributed by atoms with Crippen LogP contribution in [0.1, 0.15) is 43.9 Å². The Bertz CT molecular complexity index is 1400. The van der Waals surface area contributed by atoms with Gasteiger partial charge in [0, 0.05) is 23.5 Å². The molecule has 40 heavy (non-hydrogen) atoms. The Kier molecular flexibility index (Phi) is 11.3. The van der Waals surface area contributed by atoms with Gasteiger partial charge in [-0.25, -0.2) is 8.42 Å². The number of halogens is 1. The Morgan fingerprint density at radius 2 is 1.57 bits per heavy atom. The van der Waals surface area contributed by atoms with Gasteiger partial charge in [-0.3, -0.25) is 13.9 Å². The van der Waals surface area contributed by atoms with Gasteiger partial charge in [0.2, 0.25) is 21.8 Å². The van der Waals surface area contributed by atoms with Crippen molar-refractivity contribution in [1.82, 2.24) is 10.2 Å². The first-order chi connectivity index (χ1) is 19.0. The SMILES string of the molecule is CCc1ccccc1N(CC(=O)N(Cc1cccc(Br)c1)[C@H](Cc1ccccc1)C(=O)N[C@@H](C)CC)S(C)(=O)=O. The molecule has 0 aromatic heterocycles. The largest absolute Gasteiger partial charge is 0.352 e. The van der Waals surface area contributed by atoms with Crippen LogP contribution in [0, 0.1) is 0 Å². The minimum Gasteiger partial charge on any atom is -0.352 e. The Morgan fingerprint density at radius 3 is 2.20 bits per heavy atom. The minimum absolute atomic E-state index is 0.0856. The molecule has 0 unspecified atom stereocenters.